The number of aliphatic hydroxyl groups excluding tert-OH is 1. The Balaban J connectivity index is 1.92. The standard InChI is InChI=1S/C29H31NO4S/c1-6-17-30(35(32,33)26-15-13-21(2)14-16-26)18-9-11-24-10-7-8-12-27(24)29(31)28-22(3)19-25(34-5)20-23(28)4/h6-8,10,12-16,19-20,29,31H,1,17-18H2,2-5H3. The lowest BCUT2D eigenvalue weighted by Gasteiger charge is -2.20. The molecule has 0 aromatic heterocycles. The highest BCUT2D eigenvalue weighted by Crippen LogP contribution is 2.32. The fourth-order valence-electron chi connectivity index (χ4n) is 3.96. The summed E-state index contributed by atoms with van der Waals surface area (Å²) < 4.78 is 32.9. The Labute approximate surface area is 208 Å². The van der Waals surface area contributed by atoms with Crippen molar-refractivity contribution in [1.29, 1.82) is 0 Å². The van der Waals surface area contributed by atoms with Crippen molar-refractivity contribution in [2.45, 2.75) is 31.8 Å². The molecule has 0 fully saturated rings. The number of methoxy groups -OCH3 is 1. The fraction of sp³-hybridized carbons (Fsp3) is 0.241. The predicted octanol–water partition coefficient (Wildman–Crippen LogP) is 4.93. The second-order valence-corrected chi connectivity index (χ2v) is 10.3. The van der Waals surface area contributed by atoms with Crippen LogP contribution >= 0.6 is 0 Å². The minimum Gasteiger partial charge on any atom is -0.497 e. The molecule has 0 aliphatic rings. The first-order chi connectivity index (χ1) is 16.7. The summed E-state index contributed by atoms with van der Waals surface area (Å²) in [5, 5.41) is 11.3. The molecule has 6 heteroatoms. The fourth-order valence-corrected chi connectivity index (χ4v) is 5.28. The first-order valence-electron chi connectivity index (χ1n) is 11.3. The van der Waals surface area contributed by atoms with Crippen LogP contribution in [-0.4, -0.2) is 38.0 Å². The van der Waals surface area contributed by atoms with Crippen LogP contribution in [0.5, 0.6) is 5.75 Å². The van der Waals surface area contributed by atoms with Gasteiger partial charge in [-0.15, -0.1) is 6.58 Å². The molecule has 0 spiro atoms. The van der Waals surface area contributed by atoms with Crippen molar-refractivity contribution < 1.29 is 18.3 Å². The maximum absolute atomic E-state index is 13.1. The van der Waals surface area contributed by atoms with Crippen molar-refractivity contribution in [3.8, 4) is 17.6 Å². The molecule has 1 N–H and O–H groups in total. The first-order valence-corrected chi connectivity index (χ1v) is 12.7. The summed E-state index contributed by atoms with van der Waals surface area (Å²) in [6.07, 6.45) is 0.660. The van der Waals surface area contributed by atoms with E-state index in [0.717, 1.165) is 28.0 Å². The van der Waals surface area contributed by atoms with Gasteiger partial charge >= 0.3 is 0 Å². The lowest BCUT2D eigenvalue weighted by atomic mass is 9.91. The van der Waals surface area contributed by atoms with E-state index in [1.54, 1.807) is 37.5 Å². The van der Waals surface area contributed by atoms with Crippen molar-refractivity contribution in [2.75, 3.05) is 20.2 Å². The minimum atomic E-state index is -3.72. The normalized spacial score (nSPS) is 12.1. The van der Waals surface area contributed by atoms with Gasteiger partial charge in [-0.2, -0.15) is 4.31 Å². The number of ether oxygens (including phenoxy) is 1. The summed E-state index contributed by atoms with van der Waals surface area (Å²) in [5.74, 6) is 6.79. The Morgan fingerprint density at radius 3 is 2.29 bits per heavy atom. The third-order valence-corrected chi connectivity index (χ3v) is 7.63. The smallest absolute Gasteiger partial charge is 0.244 e. The molecule has 3 aromatic rings. The Morgan fingerprint density at radius 1 is 1.06 bits per heavy atom. The Bertz CT molecular complexity index is 1340. The summed E-state index contributed by atoms with van der Waals surface area (Å²) in [4.78, 5) is 0.216. The number of hydrogen-bond donors (Lipinski definition) is 1. The van der Waals surface area contributed by atoms with Gasteiger partial charge < -0.3 is 9.84 Å². The topological polar surface area (TPSA) is 66.8 Å². The van der Waals surface area contributed by atoms with E-state index in [4.69, 9.17) is 4.74 Å². The SMILES string of the molecule is C=CCN(CC#Cc1ccccc1C(O)c1c(C)cc(OC)cc1C)S(=O)(=O)c1ccc(C)cc1. The highest BCUT2D eigenvalue weighted by Gasteiger charge is 2.23. The molecule has 0 aliphatic heterocycles. The molecule has 3 aromatic carbocycles. The Morgan fingerprint density at radius 2 is 1.69 bits per heavy atom. The van der Waals surface area contributed by atoms with Crippen LogP contribution in [0.2, 0.25) is 0 Å². The summed E-state index contributed by atoms with van der Waals surface area (Å²) in [6, 6.07) is 17.9. The second kappa shape index (κ2) is 11.4. The molecule has 1 unspecified atom stereocenters. The van der Waals surface area contributed by atoms with Crippen LogP contribution in [0.1, 0.15) is 39.5 Å². The molecule has 0 bridgehead atoms. The zero-order valence-corrected chi connectivity index (χ0v) is 21.4. The number of sulfonamides is 1. The number of nitrogens with zero attached hydrogens (tertiary/aromatic N) is 1. The Hall–Kier alpha value is -3.37. The van der Waals surface area contributed by atoms with Crippen molar-refractivity contribution in [3.05, 3.63) is 107 Å². The second-order valence-electron chi connectivity index (χ2n) is 8.37. The number of aryl methyl sites for hydroxylation is 3. The molecule has 0 amide bonds. The summed E-state index contributed by atoms with van der Waals surface area (Å²) in [6.45, 7) is 9.60. The highest BCUT2D eigenvalue weighted by molar-refractivity contribution is 7.89. The van der Waals surface area contributed by atoms with E-state index in [1.807, 2.05) is 57.2 Å². The van der Waals surface area contributed by atoms with Crippen LogP contribution in [0.4, 0.5) is 0 Å². The lowest BCUT2D eigenvalue weighted by Crippen LogP contribution is -2.31. The largest absolute Gasteiger partial charge is 0.497 e. The maximum Gasteiger partial charge on any atom is 0.244 e. The van der Waals surface area contributed by atoms with Crippen LogP contribution in [0.15, 0.2) is 78.2 Å². The zero-order chi connectivity index (χ0) is 25.6. The van der Waals surface area contributed by atoms with E-state index < -0.39 is 16.1 Å². The first kappa shape index (κ1) is 26.2. The van der Waals surface area contributed by atoms with Crippen LogP contribution in [0, 0.1) is 32.6 Å². The van der Waals surface area contributed by atoms with Gasteiger partial charge in [0.05, 0.1) is 18.6 Å². The van der Waals surface area contributed by atoms with Crippen molar-refractivity contribution >= 4 is 10.0 Å². The van der Waals surface area contributed by atoms with Gasteiger partial charge in [-0.25, -0.2) is 8.42 Å². The third-order valence-electron chi connectivity index (χ3n) is 5.80. The molecule has 0 radical (unpaired) electrons. The van der Waals surface area contributed by atoms with Crippen molar-refractivity contribution in [3.63, 3.8) is 0 Å². The van der Waals surface area contributed by atoms with Crippen LogP contribution in [0.25, 0.3) is 0 Å². The molecule has 0 saturated heterocycles. The van der Waals surface area contributed by atoms with Gasteiger partial charge in [-0.05, 0) is 67.8 Å². The predicted molar refractivity (Wildman–Crippen MR) is 140 cm³/mol. The van der Waals surface area contributed by atoms with Crippen molar-refractivity contribution in [1.82, 2.24) is 4.31 Å². The van der Waals surface area contributed by atoms with E-state index in [2.05, 4.69) is 18.4 Å². The number of rotatable bonds is 8. The average Bonchev–Trinajstić information content (AvgIpc) is 2.83. The van der Waals surface area contributed by atoms with Gasteiger partial charge in [0.1, 0.15) is 11.9 Å². The van der Waals surface area contributed by atoms with Gasteiger partial charge in [-0.1, -0.05) is 53.8 Å². The van der Waals surface area contributed by atoms with Crippen LogP contribution in [-0.2, 0) is 10.0 Å². The van der Waals surface area contributed by atoms with Gasteiger partial charge in [0, 0.05) is 17.7 Å². The molecule has 0 saturated carbocycles. The van der Waals surface area contributed by atoms with Crippen molar-refractivity contribution in [2.24, 2.45) is 0 Å². The van der Waals surface area contributed by atoms with Crippen LogP contribution in [0.3, 0.4) is 0 Å². The summed E-state index contributed by atoms with van der Waals surface area (Å²) >= 11 is 0. The summed E-state index contributed by atoms with van der Waals surface area (Å²) in [7, 11) is -2.11. The molecule has 35 heavy (non-hydrogen) atoms. The van der Waals surface area contributed by atoms with E-state index in [1.165, 1.54) is 4.31 Å². The molecule has 0 heterocycles. The monoisotopic (exact) mass is 489 g/mol. The average molecular weight is 490 g/mol. The number of benzene rings is 3. The molecular formula is C29H31NO4S. The summed E-state index contributed by atoms with van der Waals surface area (Å²) in [5.41, 5.74) is 4.91. The van der Waals surface area contributed by atoms with E-state index in [0.29, 0.717) is 11.1 Å². The molecular weight excluding hydrogens is 458 g/mol. The maximum atomic E-state index is 13.1. The van der Waals surface area contributed by atoms with E-state index in [-0.39, 0.29) is 18.0 Å². The van der Waals surface area contributed by atoms with Crippen LogP contribution < -0.4 is 4.74 Å². The Kier molecular flexibility index (Phi) is 8.52. The van der Waals surface area contributed by atoms with E-state index in [9.17, 15) is 13.5 Å². The van der Waals surface area contributed by atoms with Gasteiger partial charge in [0.25, 0.3) is 0 Å². The molecule has 3 rings (SSSR count). The molecule has 1 atom stereocenters. The third kappa shape index (κ3) is 6.01. The van der Waals surface area contributed by atoms with Gasteiger partial charge in [-0.3, -0.25) is 0 Å². The molecule has 182 valence electrons. The highest BCUT2D eigenvalue weighted by atomic mass is 32.2. The number of hydrogen-bond acceptors (Lipinski definition) is 4. The zero-order valence-electron chi connectivity index (χ0n) is 20.6. The minimum absolute atomic E-state index is 0.00670. The van der Waals surface area contributed by atoms with E-state index >= 15 is 0 Å². The quantitative estimate of drug-likeness (QED) is 0.360. The lowest BCUT2D eigenvalue weighted by molar-refractivity contribution is 0.218. The van der Waals surface area contributed by atoms with Gasteiger partial charge in [0.15, 0.2) is 0 Å². The van der Waals surface area contributed by atoms with Gasteiger partial charge in [0.2, 0.25) is 10.0 Å². The molecule has 5 nitrogen and oxygen atoms in total. The number of aliphatic hydroxyl groups is 1. The molecule has 0 aliphatic carbocycles.